The van der Waals surface area contributed by atoms with E-state index in [0.29, 0.717) is 32.1 Å². The van der Waals surface area contributed by atoms with E-state index in [4.69, 9.17) is 4.74 Å². The number of nitrogens with one attached hydrogen (secondary N) is 2. The topological polar surface area (TPSA) is 79.4 Å². The first-order valence-corrected chi connectivity index (χ1v) is 6.81. The number of nitrogens with zero attached hydrogens (tertiary/aromatic N) is 3. The van der Waals surface area contributed by atoms with E-state index in [9.17, 15) is 4.79 Å². The summed E-state index contributed by atoms with van der Waals surface area (Å²) >= 11 is 0. The van der Waals surface area contributed by atoms with Gasteiger partial charge in [-0.2, -0.15) is 0 Å². The molecule has 2 N–H and O–H groups in total. The molecule has 1 aliphatic rings. The minimum absolute atomic E-state index is 0.0329. The third-order valence-corrected chi connectivity index (χ3v) is 3.16. The number of hydrogen-bond donors (Lipinski definition) is 2. The molecule has 0 aliphatic carbocycles. The molecule has 7 heteroatoms. The lowest BCUT2D eigenvalue weighted by atomic mass is 10.2. The van der Waals surface area contributed by atoms with Crippen molar-refractivity contribution in [1.82, 2.24) is 15.3 Å². The average Bonchev–Trinajstić information content (AvgIpc) is 2.46. The van der Waals surface area contributed by atoms with E-state index in [1.807, 2.05) is 31.9 Å². The Morgan fingerprint density at radius 3 is 3.05 bits per heavy atom. The number of ether oxygens (including phenoxy) is 1. The summed E-state index contributed by atoms with van der Waals surface area (Å²) in [5.41, 5.74) is 0. The highest BCUT2D eigenvalue weighted by molar-refractivity contribution is 5.85. The Kier molecular flexibility index (Phi) is 4.73. The van der Waals surface area contributed by atoms with Crippen LogP contribution in [0.1, 0.15) is 12.7 Å². The van der Waals surface area contributed by atoms with Gasteiger partial charge in [0.15, 0.2) is 0 Å². The Morgan fingerprint density at radius 2 is 2.35 bits per heavy atom. The minimum atomic E-state index is -0.345. The third-order valence-electron chi connectivity index (χ3n) is 3.16. The fourth-order valence-electron chi connectivity index (χ4n) is 2.21. The molecule has 1 atom stereocenters. The summed E-state index contributed by atoms with van der Waals surface area (Å²) in [5.74, 6) is 2.14. The number of likely N-dealkylation sites (N-methyl/N-ethyl adjacent to an activating group) is 1. The lowest BCUT2D eigenvalue weighted by Gasteiger charge is -2.35. The Balaban J connectivity index is 2.27. The lowest BCUT2D eigenvalue weighted by Crippen LogP contribution is -2.54. The molecular formula is C13H21N5O2. The van der Waals surface area contributed by atoms with Crippen molar-refractivity contribution in [2.24, 2.45) is 0 Å². The average molecular weight is 279 g/mol. The maximum absolute atomic E-state index is 12.1. The quantitative estimate of drug-likeness (QED) is 0.818. The molecule has 1 amide bonds. The molecule has 0 radical (unpaired) electrons. The molecule has 7 nitrogen and oxygen atoms in total. The zero-order valence-corrected chi connectivity index (χ0v) is 12.1. The van der Waals surface area contributed by atoms with Gasteiger partial charge in [-0.05, 0) is 13.8 Å². The van der Waals surface area contributed by atoms with Gasteiger partial charge in [0.25, 0.3) is 0 Å². The van der Waals surface area contributed by atoms with Crippen LogP contribution in [-0.2, 0) is 9.53 Å². The van der Waals surface area contributed by atoms with Crippen molar-refractivity contribution in [2.75, 3.05) is 43.6 Å². The summed E-state index contributed by atoms with van der Waals surface area (Å²) in [6, 6.07) is 1.51. The summed E-state index contributed by atoms with van der Waals surface area (Å²) < 4.78 is 5.43. The van der Waals surface area contributed by atoms with Crippen molar-refractivity contribution in [1.29, 1.82) is 0 Å². The Hall–Kier alpha value is -1.89. The molecule has 2 heterocycles. The van der Waals surface area contributed by atoms with Gasteiger partial charge in [0.1, 0.15) is 23.5 Å². The van der Waals surface area contributed by atoms with Gasteiger partial charge in [-0.15, -0.1) is 0 Å². The van der Waals surface area contributed by atoms with E-state index in [-0.39, 0.29) is 11.9 Å². The molecule has 1 aliphatic heterocycles. The fourth-order valence-corrected chi connectivity index (χ4v) is 2.21. The van der Waals surface area contributed by atoms with Gasteiger partial charge >= 0.3 is 0 Å². The van der Waals surface area contributed by atoms with E-state index >= 15 is 0 Å². The first-order chi connectivity index (χ1) is 9.65. The second kappa shape index (κ2) is 6.51. The molecule has 1 unspecified atom stereocenters. The van der Waals surface area contributed by atoms with Crippen LogP contribution in [-0.4, -0.2) is 55.3 Å². The number of carbonyl (C=O) groups is 1. The van der Waals surface area contributed by atoms with Gasteiger partial charge < -0.3 is 20.3 Å². The highest BCUT2D eigenvalue weighted by Crippen LogP contribution is 2.20. The summed E-state index contributed by atoms with van der Waals surface area (Å²) in [5, 5.41) is 5.85. The van der Waals surface area contributed by atoms with Gasteiger partial charge in [0.2, 0.25) is 5.91 Å². The second-order valence-corrected chi connectivity index (χ2v) is 4.59. The molecule has 1 aromatic rings. The van der Waals surface area contributed by atoms with Crippen LogP contribution in [0.4, 0.5) is 11.6 Å². The number of amides is 1. The van der Waals surface area contributed by atoms with E-state index in [1.54, 1.807) is 0 Å². The van der Waals surface area contributed by atoms with Crippen molar-refractivity contribution in [3.05, 3.63) is 11.9 Å². The van der Waals surface area contributed by atoms with Crippen LogP contribution >= 0.6 is 0 Å². The van der Waals surface area contributed by atoms with Crippen LogP contribution in [0, 0.1) is 6.92 Å². The van der Waals surface area contributed by atoms with Crippen molar-refractivity contribution in [3.8, 4) is 0 Å². The number of morpholine rings is 1. The van der Waals surface area contributed by atoms with Gasteiger partial charge in [-0.1, -0.05) is 0 Å². The largest absolute Gasteiger partial charge is 0.377 e. The molecular weight excluding hydrogens is 258 g/mol. The molecule has 0 saturated carbocycles. The van der Waals surface area contributed by atoms with E-state index in [0.717, 1.165) is 11.6 Å². The smallest absolute Gasteiger partial charge is 0.245 e. The first-order valence-electron chi connectivity index (χ1n) is 6.81. The normalized spacial score (nSPS) is 18.8. The van der Waals surface area contributed by atoms with E-state index < -0.39 is 0 Å². The zero-order valence-electron chi connectivity index (χ0n) is 12.1. The number of carbonyl (C=O) groups excluding carboxylic acids is 1. The van der Waals surface area contributed by atoms with E-state index in [2.05, 4.69) is 20.6 Å². The Labute approximate surface area is 118 Å². The van der Waals surface area contributed by atoms with Crippen molar-refractivity contribution < 1.29 is 9.53 Å². The van der Waals surface area contributed by atoms with Gasteiger partial charge in [0.05, 0.1) is 13.2 Å². The molecule has 0 aromatic carbocycles. The summed E-state index contributed by atoms with van der Waals surface area (Å²) in [6.07, 6.45) is 0. The van der Waals surface area contributed by atoms with Crippen LogP contribution in [0.3, 0.4) is 0 Å². The highest BCUT2D eigenvalue weighted by Gasteiger charge is 2.30. The molecule has 1 aromatic heterocycles. The van der Waals surface area contributed by atoms with Crippen molar-refractivity contribution >= 4 is 17.5 Å². The summed E-state index contributed by atoms with van der Waals surface area (Å²) in [7, 11) is 1.81. The van der Waals surface area contributed by atoms with Crippen LogP contribution < -0.4 is 15.5 Å². The van der Waals surface area contributed by atoms with Gasteiger partial charge in [0, 0.05) is 26.2 Å². The SMILES string of the molecule is CCNC(=O)C1COCCN1c1cc(NC)nc(C)n1. The number of aryl methyl sites for hydroxylation is 1. The number of hydrogen-bond acceptors (Lipinski definition) is 6. The molecule has 1 saturated heterocycles. The van der Waals surface area contributed by atoms with Gasteiger partial charge in [-0.25, -0.2) is 9.97 Å². The zero-order chi connectivity index (χ0) is 14.5. The summed E-state index contributed by atoms with van der Waals surface area (Å²) in [6.45, 7) is 5.96. The molecule has 110 valence electrons. The maximum atomic E-state index is 12.1. The fraction of sp³-hybridized carbons (Fsp3) is 0.615. The minimum Gasteiger partial charge on any atom is -0.377 e. The number of aromatic nitrogens is 2. The van der Waals surface area contributed by atoms with Crippen molar-refractivity contribution in [3.63, 3.8) is 0 Å². The highest BCUT2D eigenvalue weighted by atomic mass is 16.5. The molecule has 0 bridgehead atoms. The standard InChI is InChI=1S/C13H21N5O2/c1-4-15-13(19)10-8-20-6-5-18(10)12-7-11(14-3)16-9(2)17-12/h7,10H,4-6,8H2,1-3H3,(H,15,19)(H,14,16,17). The van der Waals surface area contributed by atoms with Gasteiger partial charge in [-0.3, -0.25) is 4.79 Å². The lowest BCUT2D eigenvalue weighted by molar-refractivity contribution is -0.124. The number of anilines is 2. The van der Waals surface area contributed by atoms with Crippen LogP contribution in [0.5, 0.6) is 0 Å². The van der Waals surface area contributed by atoms with E-state index in [1.165, 1.54) is 0 Å². The predicted molar refractivity (Wildman–Crippen MR) is 77.0 cm³/mol. The first kappa shape index (κ1) is 14.5. The maximum Gasteiger partial charge on any atom is 0.245 e. The van der Waals surface area contributed by atoms with Crippen molar-refractivity contribution in [2.45, 2.75) is 19.9 Å². The molecule has 0 spiro atoms. The molecule has 20 heavy (non-hydrogen) atoms. The second-order valence-electron chi connectivity index (χ2n) is 4.59. The summed E-state index contributed by atoms with van der Waals surface area (Å²) in [4.78, 5) is 22.8. The third kappa shape index (κ3) is 3.16. The van der Waals surface area contributed by atoms with Crippen LogP contribution in [0.25, 0.3) is 0 Å². The molecule has 2 rings (SSSR count). The predicted octanol–water partition coefficient (Wildman–Crippen LogP) is 0.168. The Bertz CT molecular complexity index is 480. The van der Waals surface area contributed by atoms with Crippen LogP contribution in [0.15, 0.2) is 6.07 Å². The molecule has 1 fully saturated rings. The Morgan fingerprint density at radius 1 is 1.55 bits per heavy atom. The number of rotatable bonds is 4. The monoisotopic (exact) mass is 279 g/mol. The van der Waals surface area contributed by atoms with Crippen LogP contribution in [0.2, 0.25) is 0 Å².